The molecular weight excluding hydrogens is 514 g/mol. The van der Waals surface area contributed by atoms with Gasteiger partial charge in [0.1, 0.15) is 0 Å². The van der Waals surface area contributed by atoms with Crippen LogP contribution in [-0.4, -0.2) is 63.3 Å². The fourth-order valence-electron chi connectivity index (χ4n) is 4.56. The number of ether oxygens (including phenoxy) is 4. The van der Waals surface area contributed by atoms with Gasteiger partial charge in [-0.15, -0.1) is 10.2 Å². The van der Waals surface area contributed by atoms with Gasteiger partial charge in [0.05, 0.1) is 31.8 Å². The van der Waals surface area contributed by atoms with Gasteiger partial charge >= 0.3 is 5.97 Å². The Hall–Kier alpha value is -3.64. The number of methoxy groups -OCH3 is 3. The van der Waals surface area contributed by atoms with Crippen LogP contribution >= 0.6 is 0 Å². The second-order valence-corrected chi connectivity index (χ2v) is 11.2. The first-order chi connectivity index (χ1) is 18.2. The van der Waals surface area contributed by atoms with E-state index in [9.17, 15) is 13.2 Å². The van der Waals surface area contributed by atoms with E-state index in [1.165, 1.54) is 49.9 Å². The van der Waals surface area contributed by atoms with Crippen LogP contribution in [0, 0.1) is 11.8 Å². The van der Waals surface area contributed by atoms with E-state index in [0.29, 0.717) is 47.7 Å². The Labute approximate surface area is 221 Å². The Morgan fingerprint density at radius 1 is 0.974 bits per heavy atom. The monoisotopic (exact) mass is 545 g/mol. The van der Waals surface area contributed by atoms with Crippen LogP contribution in [0.4, 0.5) is 0 Å². The van der Waals surface area contributed by atoms with Crippen molar-refractivity contribution < 1.29 is 36.6 Å². The van der Waals surface area contributed by atoms with Crippen molar-refractivity contribution in [2.75, 3.05) is 34.4 Å². The van der Waals surface area contributed by atoms with E-state index in [0.717, 1.165) is 6.42 Å². The molecule has 2 atom stereocenters. The van der Waals surface area contributed by atoms with Crippen molar-refractivity contribution in [3.63, 3.8) is 0 Å². The van der Waals surface area contributed by atoms with E-state index in [2.05, 4.69) is 10.2 Å². The number of hydrogen-bond donors (Lipinski definition) is 0. The van der Waals surface area contributed by atoms with Gasteiger partial charge in [0.15, 0.2) is 18.1 Å². The number of esters is 1. The van der Waals surface area contributed by atoms with Crippen LogP contribution < -0.4 is 14.2 Å². The Balaban J connectivity index is 1.41. The predicted octanol–water partition coefficient (Wildman–Crippen LogP) is 3.79. The zero-order chi connectivity index (χ0) is 27.4. The summed E-state index contributed by atoms with van der Waals surface area (Å²) in [6.07, 6.45) is 1.00. The molecule has 0 bridgehead atoms. The number of hydrogen-bond acceptors (Lipinski definition) is 10. The molecule has 0 radical (unpaired) electrons. The lowest BCUT2D eigenvalue weighted by Crippen LogP contribution is -2.42. The molecule has 2 aromatic carbocycles. The second kappa shape index (κ2) is 11.4. The van der Waals surface area contributed by atoms with Gasteiger partial charge in [-0.25, -0.2) is 13.2 Å². The average Bonchev–Trinajstić information content (AvgIpc) is 3.39. The average molecular weight is 546 g/mol. The van der Waals surface area contributed by atoms with E-state index in [-0.39, 0.29) is 28.8 Å². The molecule has 0 amide bonds. The van der Waals surface area contributed by atoms with Crippen molar-refractivity contribution in [3.8, 4) is 28.7 Å². The Bertz CT molecular complexity index is 1350. The molecule has 1 saturated heterocycles. The third-order valence-electron chi connectivity index (χ3n) is 6.27. The van der Waals surface area contributed by atoms with Gasteiger partial charge in [-0.3, -0.25) is 0 Å². The number of nitrogens with zero attached hydrogens (tertiary/aromatic N) is 3. The van der Waals surface area contributed by atoms with Crippen LogP contribution in [0.1, 0.15) is 36.5 Å². The minimum atomic E-state index is -3.64. The van der Waals surface area contributed by atoms with Crippen molar-refractivity contribution >= 4 is 16.0 Å². The number of carbonyl (C=O) groups is 1. The minimum absolute atomic E-state index is 0.0784. The van der Waals surface area contributed by atoms with Crippen molar-refractivity contribution in [2.24, 2.45) is 11.8 Å². The molecule has 11 nitrogen and oxygen atoms in total. The molecule has 0 N–H and O–H groups in total. The summed E-state index contributed by atoms with van der Waals surface area (Å²) in [5.74, 6) is 1.45. The van der Waals surface area contributed by atoms with Crippen LogP contribution in [0.2, 0.25) is 0 Å². The van der Waals surface area contributed by atoms with Crippen molar-refractivity contribution in [1.29, 1.82) is 0 Å². The van der Waals surface area contributed by atoms with Crippen molar-refractivity contribution in [1.82, 2.24) is 14.5 Å². The first-order valence-electron chi connectivity index (χ1n) is 12.1. The summed E-state index contributed by atoms with van der Waals surface area (Å²) in [5.41, 5.74) is 0.729. The third kappa shape index (κ3) is 5.76. The fourth-order valence-corrected chi connectivity index (χ4v) is 6.24. The summed E-state index contributed by atoms with van der Waals surface area (Å²) in [7, 11) is 0.852. The van der Waals surface area contributed by atoms with Gasteiger partial charge in [0.2, 0.25) is 21.7 Å². The summed E-state index contributed by atoms with van der Waals surface area (Å²) < 4.78 is 54.6. The summed E-state index contributed by atoms with van der Waals surface area (Å²) in [5, 5.41) is 7.94. The summed E-state index contributed by atoms with van der Waals surface area (Å²) in [6.45, 7) is 4.81. The zero-order valence-electron chi connectivity index (χ0n) is 22.0. The molecule has 1 fully saturated rings. The molecule has 0 spiro atoms. The van der Waals surface area contributed by atoms with Gasteiger partial charge in [-0.1, -0.05) is 13.8 Å². The molecule has 38 heavy (non-hydrogen) atoms. The molecule has 0 unspecified atom stereocenters. The fraction of sp³-hybridized carbons (Fsp3) is 0.423. The Kier molecular flexibility index (Phi) is 8.22. The summed E-state index contributed by atoms with van der Waals surface area (Å²) in [4.78, 5) is 12.7. The maximum Gasteiger partial charge on any atom is 0.338 e. The Morgan fingerprint density at radius 2 is 1.58 bits per heavy atom. The first-order valence-corrected chi connectivity index (χ1v) is 13.5. The highest BCUT2D eigenvalue weighted by Crippen LogP contribution is 2.40. The van der Waals surface area contributed by atoms with E-state index < -0.39 is 16.0 Å². The minimum Gasteiger partial charge on any atom is -0.493 e. The molecule has 4 rings (SSSR count). The smallest absolute Gasteiger partial charge is 0.338 e. The molecule has 1 aliphatic heterocycles. The lowest BCUT2D eigenvalue weighted by molar-refractivity contribution is 0.0438. The third-order valence-corrected chi connectivity index (χ3v) is 8.11. The molecule has 0 saturated carbocycles. The predicted molar refractivity (Wildman–Crippen MR) is 137 cm³/mol. The molecule has 12 heteroatoms. The van der Waals surface area contributed by atoms with E-state index in [1.807, 2.05) is 13.8 Å². The van der Waals surface area contributed by atoms with Gasteiger partial charge in [0.25, 0.3) is 5.89 Å². The number of aromatic nitrogens is 2. The number of carbonyl (C=O) groups excluding carboxylic acids is 1. The lowest BCUT2D eigenvalue weighted by atomic mass is 9.94. The normalized spacial score (nSPS) is 18.1. The van der Waals surface area contributed by atoms with Crippen LogP contribution in [0.3, 0.4) is 0 Å². The molecule has 1 aromatic heterocycles. The van der Waals surface area contributed by atoms with Crippen molar-refractivity contribution in [2.45, 2.75) is 31.8 Å². The van der Waals surface area contributed by atoms with Crippen molar-refractivity contribution in [3.05, 3.63) is 47.9 Å². The highest BCUT2D eigenvalue weighted by atomic mass is 32.2. The largest absolute Gasteiger partial charge is 0.493 e. The molecular formula is C26H31N3O8S. The van der Waals surface area contributed by atoms with Gasteiger partial charge < -0.3 is 23.4 Å². The molecule has 204 valence electrons. The number of piperidine rings is 1. The maximum absolute atomic E-state index is 13.1. The quantitative estimate of drug-likeness (QED) is 0.366. The van der Waals surface area contributed by atoms with E-state index in [4.69, 9.17) is 23.4 Å². The van der Waals surface area contributed by atoms with Crippen LogP contribution in [-0.2, 0) is 21.4 Å². The molecule has 3 aromatic rings. The highest BCUT2D eigenvalue weighted by Gasteiger charge is 2.31. The highest BCUT2D eigenvalue weighted by molar-refractivity contribution is 7.89. The molecule has 1 aliphatic rings. The van der Waals surface area contributed by atoms with E-state index >= 15 is 0 Å². The van der Waals surface area contributed by atoms with Crippen LogP contribution in [0.25, 0.3) is 11.5 Å². The SMILES string of the molecule is COc1cc(-c2nnc(COC(=O)c3ccc(S(=O)(=O)N4C[C@H](C)C[C@@H](C)C4)cc3)o2)cc(OC)c1OC. The topological polar surface area (TPSA) is 130 Å². The van der Waals surface area contributed by atoms with Gasteiger partial charge in [-0.05, 0) is 54.7 Å². The number of sulfonamides is 1. The summed E-state index contributed by atoms with van der Waals surface area (Å²) in [6, 6.07) is 9.02. The Morgan fingerprint density at radius 3 is 2.13 bits per heavy atom. The second-order valence-electron chi connectivity index (χ2n) is 9.28. The summed E-state index contributed by atoms with van der Waals surface area (Å²) >= 11 is 0. The first kappa shape index (κ1) is 27.4. The van der Waals surface area contributed by atoms with Crippen LogP contribution in [0.5, 0.6) is 17.2 Å². The zero-order valence-corrected chi connectivity index (χ0v) is 22.8. The maximum atomic E-state index is 13.1. The van der Waals surface area contributed by atoms with Crippen LogP contribution in [0.15, 0.2) is 45.7 Å². The molecule has 2 heterocycles. The van der Waals surface area contributed by atoms with Gasteiger partial charge in [0, 0.05) is 18.7 Å². The molecule has 0 aliphatic carbocycles. The van der Waals surface area contributed by atoms with Gasteiger partial charge in [-0.2, -0.15) is 4.31 Å². The number of benzene rings is 2. The van der Waals surface area contributed by atoms with E-state index in [1.54, 1.807) is 12.1 Å². The standard InChI is InChI=1S/C26H31N3O8S/c1-16-10-17(2)14-29(13-16)38(31,32)20-8-6-18(7-9-20)26(30)36-15-23-27-28-25(37-23)19-11-21(33-3)24(35-5)22(12-19)34-4/h6-9,11-12,16-17H,10,13-15H2,1-5H3/t16-,17-/m1/s1. The number of rotatable bonds is 9. The lowest BCUT2D eigenvalue weighted by Gasteiger charge is -2.34.